The van der Waals surface area contributed by atoms with Crippen LogP contribution in [-0.4, -0.2) is 41.8 Å². The summed E-state index contributed by atoms with van der Waals surface area (Å²) in [5, 5.41) is 0. The molecule has 3 rings (SSSR count). The third kappa shape index (κ3) is 7.98. The predicted molar refractivity (Wildman–Crippen MR) is 134 cm³/mol. The zero-order valence-electron chi connectivity index (χ0n) is 20.1. The molecule has 0 aliphatic carbocycles. The van der Waals surface area contributed by atoms with Crippen molar-refractivity contribution >= 4 is 17.7 Å². The van der Waals surface area contributed by atoms with E-state index in [0.717, 1.165) is 44.1 Å². The van der Waals surface area contributed by atoms with E-state index >= 15 is 0 Å². The number of hydrogen-bond acceptors (Lipinski definition) is 4. The Morgan fingerprint density at radius 1 is 1.00 bits per heavy atom. The zero-order valence-corrected chi connectivity index (χ0v) is 20.1. The van der Waals surface area contributed by atoms with E-state index in [0.29, 0.717) is 31.6 Å². The number of nitrogens with zero attached hydrogens (tertiary/aromatic N) is 1. The third-order valence-corrected chi connectivity index (χ3v) is 6.14. The quantitative estimate of drug-likeness (QED) is 0.170. The van der Waals surface area contributed by atoms with Crippen LogP contribution in [0.5, 0.6) is 0 Å². The number of unbranched alkanes of at least 4 members (excludes halogenated alkanes) is 3. The molecule has 5 heteroatoms. The Kier molecular flexibility index (Phi) is 10.1. The largest absolute Gasteiger partial charge is 0.466 e. The molecule has 0 saturated carbocycles. The monoisotopic (exact) mass is 461 g/mol. The molecule has 34 heavy (non-hydrogen) atoms. The summed E-state index contributed by atoms with van der Waals surface area (Å²) in [6.45, 7) is 2.92. The van der Waals surface area contributed by atoms with Gasteiger partial charge in [-0.25, -0.2) is 0 Å². The first-order chi connectivity index (χ1) is 16.6. The minimum absolute atomic E-state index is 0.0246. The molecule has 1 unspecified atom stereocenters. The van der Waals surface area contributed by atoms with Crippen LogP contribution < -0.4 is 0 Å². The normalized spacial score (nSPS) is 15.7. The minimum atomic E-state index is -0.141. The number of ketones is 1. The van der Waals surface area contributed by atoms with E-state index in [1.165, 1.54) is 5.56 Å². The molecule has 1 fully saturated rings. The van der Waals surface area contributed by atoms with Gasteiger partial charge in [-0.15, -0.1) is 0 Å². The number of allylic oxidation sites excluding steroid dienone is 1. The van der Waals surface area contributed by atoms with Gasteiger partial charge >= 0.3 is 5.97 Å². The Labute approximate surface area is 202 Å². The van der Waals surface area contributed by atoms with E-state index in [1.54, 1.807) is 6.08 Å². The van der Waals surface area contributed by atoms with Gasteiger partial charge in [-0.1, -0.05) is 67.4 Å². The average Bonchev–Trinajstić information content (AvgIpc) is 3.20. The van der Waals surface area contributed by atoms with Gasteiger partial charge in [0.05, 0.1) is 12.6 Å². The predicted octanol–water partition coefficient (Wildman–Crippen LogP) is 5.52. The van der Waals surface area contributed by atoms with Crippen LogP contribution in [0.1, 0.15) is 73.4 Å². The lowest BCUT2D eigenvalue weighted by atomic mass is 10.0. The van der Waals surface area contributed by atoms with Crippen LogP contribution in [0.25, 0.3) is 0 Å². The Morgan fingerprint density at radius 2 is 1.76 bits per heavy atom. The van der Waals surface area contributed by atoms with E-state index in [2.05, 4.69) is 12.1 Å². The summed E-state index contributed by atoms with van der Waals surface area (Å²) in [6.07, 6.45) is 9.65. The first-order valence-corrected chi connectivity index (χ1v) is 12.4. The number of likely N-dealkylation sites (tertiary alicyclic amines) is 1. The van der Waals surface area contributed by atoms with Crippen LogP contribution in [0.2, 0.25) is 0 Å². The molecule has 1 aliphatic heterocycles. The number of hydrogen-bond donors (Lipinski definition) is 0. The minimum Gasteiger partial charge on any atom is -0.466 e. The Balaban J connectivity index is 1.48. The van der Waals surface area contributed by atoms with Gasteiger partial charge in [0.25, 0.3) is 0 Å². The van der Waals surface area contributed by atoms with Gasteiger partial charge in [0.2, 0.25) is 5.91 Å². The first-order valence-electron chi connectivity index (χ1n) is 12.4. The lowest BCUT2D eigenvalue weighted by molar-refractivity contribution is -0.143. The number of carbonyl (C=O) groups is 3. The maximum absolute atomic E-state index is 12.8. The van der Waals surface area contributed by atoms with Gasteiger partial charge < -0.3 is 9.64 Å². The van der Waals surface area contributed by atoms with Gasteiger partial charge in [0.15, 0.2) is 5.78 Å². The summed E-state index contributed by atoms with van der Waals surface area (Å²) >= 11 is 0. The number of rotatable bonds is 13. The Hall–Kier alpha value is -3.21. The fourth-order valence-electron chi connectivity index (χ4n) is 4.35. The van der Waals surface area contributed by atoms with Gasteiger partial charge in [-0.05, 0) is 55.9 Å². The molecule has 0 bridgehead atoms. The number of ether oxygens (including phenoxy) is 1. The van der Waals surface area contributed by atoms with Crippen molar-refractivity contribution < 1.29 is 19.1 Å². The van der Waals surface area contributed by atoms with Gasteiger partial charge in [-0.2, -0.15) is 0 Å². The van der Waals surface area contributed by atoms with E-state index in [9.17, 15) is 14.4 Å². The second-order valence-corrected chi connectivity index (χ2v) is 8.75. The van der Waals surface area contributed by atoms with Crippen molar-refractivity contribution in [3.63, 3.8) is 0 Å². The first kappa shape index (κ1) is 25.4. The maximum atomic E-state index is 12.8. The molecule has 1 amide bonds. The fraction of sp³-hybridized carbons (Fsp3) is 0.414. The highest BCUT2D eigenvalue weighted by molar-refractivity contribution is 6.04. The topological polar surface area (TPSA) is 63.7 Å². The van der Waals surface area contributed by atoms with Crippen LogP contribution in [0.4, 0.5) is 0 Å². The van der Waals surface area contributed by atoms with Crippen molar-refractivity contribution in [1.82, 2.24) is 4.90 Å². The highest BCUT2D eigenvalue weighted by Gasteiger charge is 2.28. The molecule has 0 radical (unpaired) electrons. The van der Waals surface area contributed by atoms with Gasteiger partial charge in [0, 0.05) is 24.9 Å². The maximum Gasteiger partial charge on any atom is 0.305 e. The van der Waals surface area contributed by atoms with Crippen molar-refractivity contribution in [2.75, 3.05) is 13.2 Å². The van der Waals surface area contributed by atoms with Gasteiger partial charge in [0.1, 0.15) is 0 Å². The highest BCUT2D eigenvalue weighted by atomic mass is 16.5. The molecule has 0 spiro atoms. The Morgan fingerprint density at radius 3 is 2.56 bits per heavy atom. The SMILES string of the molecule is CCOC(=O)CCCCCCN1C(=O)CCC1C=CC(=O)c1cccc(Cc2ccccc2)c1. The standard InChI is InChI=1S/C29H35NO4/c1-2-34-29(33)15-8-3-4-9-20-30-26(17-19-28(30)32)16-18-27(31)25-14-10-13-24(22-25)21-23-11-6-5-7-12-23/h5-7,10-14,16,18,22,26H,2-4,8-9,15,17,19-21H2,1H3. The Bertz CT molecular complexity index is 983. The van der Waals surface area contributed by atoms with Crippen molar-refractivity contribution in [2.45, 2.75) is 64.3 Å². The summed E-state index contributed by atoms with van der Waals surface area (Å²) in [5.41, 5.74) is 2.98. The molecular weight excluding hydrogens is 426 g/mol. The molecular formula is C29H35NO4. The van der Waals surface area contributed by atoms with Crippen molar-refractivity contribution in [3.8, 4) is 0 Å². The lowest BCUT2D eigenvalue weighted by Gasteiger charge is -2.22. The molecule has 0 aromatic heterocycles. The molecule has 1 aliphatic rings. The van der Waals surface area contributed by atoms with E-state index in [-0.39, 0.29) is 23.7 Å². The number of benzene rings is 2. The summed E-state index contributed by atoms with van der Waals surface area (Å²) in [5.74, 6) is -0.0238. The summed E-state index contributed by atoms with van der Waals surface area (Å²) < 4.78 is 4.94. The van der Waals surface area contributed by atoms with Crippen molar-refractivity contribution in [3.05, 3.63) is 83.4 Å². The molecule has 1 heterocycles. The van der Waals surface area contributed by atoms with Crippen LogP contribution in [0.15, 0.2) is 66.7 Å². The zero-order chi connectivity index (χ0) is 24.2. The summed E-state index contributed by atoms with van der Waals surface area (Å²) in [6, 6.07) is 17.9. The highest BCUT2D eigenvalue weighted by Crippen LogP contribution is 2.21. The van der Waals surface area contributed by atoms with E-state index in [1.807, 2.05) is 60.4 Å². The van der Waals surface area contributed by atoms with E-state index < -0.39 is 0 Å². The second-order valence-electron chi connectivity index (χ2n) is 8.75. The molecule has 180 valence electrons. The number of amides is 1. The lowest BCUT2D eigenvalue weighted by Crippen LogP contribution is -2.32. The van der Waals surface area contributed by atoms with Crippen molar-refractivity contribution in [2.24, 2.45) is 0 Å². The van der Waals surface area contributed by atoms with Crippen molar-refractivity contribution in [1.29, 1.82) is 0 Å². The molecule has 2 aromatic carbocycles. The molecule has 1 atom stereocenters. The summed E-state index contributed by atoms with van der Waals surface area (Å²) in [4.78, 5) is 38.4. The molecule has 2 aromatic rings. The smallest absolute Gasteiger partial charge is 0.305 e. The molecule has 0 N–H and O–H groups in total. The second kappa shape index (κ2) is 13.5. The fourth-order valence-corrected chi connectivity index (χ4v) is 4.35. The summed E-state index contributed by atoms with van der Waals surface area (Å²) in [7, 11) is 0. The molecule has 1 saturated heterocycles. The molecule has 5 nitrogen and oxygen atoms in total. The van der Waals surface area contributed by atoms with Crippen LogP contribution in [-0.2, 0) is 20.7 Å². The van der Waals surface area contributed by atoms with E-state index in [4.69, 9.17) is 4.74 Å². The van der Waals surface area contributed by atoms with Gasteiger partial charge in [-0.3, -0.25) is 14.4 Å². The number of esters is 1. The third-order valence-electron chi connectivity index (χ3n) is 6.14. The van der Waals surface area contributed by atoms with Crippen LogP contribution >= 0.6 is 0 Å². The van der Waals surface area contributed by atoms with Crippen LogP contribution in [0.3, 0.4) is 0 Å². The average molecular weight is 462 g/mol. The number of carbonyl (C=O) groups excluding carboxylic acids is 3. The van der Waals surface area contributed by atoms with Crippen LogP contribution in [0, 0.1) is 0 Å².